The predicted octanol–water partition coefficient (Wildman–Crippen LogP) is 1.14. The zero-order chi connectivity index (χ0) is 18.1. The van der Waals surface area contributed by atoms with Crippen LogP contribution in [0, 0.1) is 0 Å². The first-order valence-corrected chi connectivity index (χ1v) is 10.1. The Balaban J connectivity index is 1.64. The lowest BCUT2D eigenvalue weighted by molar-refractivity contribution is -0.147. The summed E-state index contributed by atoms with van der Waals surface area (Å²) < 4.78 is 0. The highest BCUT2D eigenvalue weighted by Gasteiger charge is 2.51. The number of amides is 1. The number of nitrogens with zero attached hydrogens (tertiary/aromatic N) is 3. The molecule has 26 heavy (non-hydrogen) atoms. The zero-order valence-electron chi connectivity index (χ0n) is 15.9. The molecule has 0 saturated carbocycles. The number of carbonyl (C=O) groups excluding carboxylic acids is 1. The number of hydrogen-bond donors (Lipinski definition) is 1. The quantitative estimate of drug-likeness (QED) is 0.878. The number of aliphatic hydroxyl groups is 1. The molecule has 4 rings (SSSR count). The second-order valence-corrected chi connectivity index (χ2v) is 8.05. The van der Waals surface area contributed by atoms with Gasteiger partial charge >= 0.3 is 0 Å². The summed E-state index contributed by atoms with van der Waals surface area (Å²) >= 11 is 0. The molecule has 0 radical (unpaired) electrons. The maximum Gasteiger partial charge on any atom is 0.244 e. The van der Waals surface area contributed by atoms with Gasteiger partial charge in [0.2, 0.25) is 5.91 Å². The van der Waals surface area contributed by atoms with E-state index >= 15 is 0 Å². The highest BCUT2D eigenvalue weighted by molar-refractivity contribution is 5.89. The summed E-state index contributed by atoms with van der Waals surface area (Å²) in [6.07, 6.45) is 3.55. The molecule has 1 aliphatic carbocycles. The Hall–Kier alpha value is -1.43. The van der Waals surface area contributed by atoms with Gasteiger partial charge in [-0.1, -0.05) is 31.2 Å². The van der Waals surface area contributed by atoms with Gasteiger partial charge < -0.3 is 14.9 Å². The first-order chi connectivity index (χ1) is 12.7. The van der Waals surface area contributed by atoms with Gasteiger partial charge in [-0.15, -0.1) is 0 Å². The van der Waals surface area contributed by atoms with Crippen LogP contribution in [-0.4, -0.2) is 83.2 Å². The minimum atomic E-state index is -0.457. The standard InChI is InChI=1S/C21H31N3O2/c1-2-22-10-12-23(13-11-22)21(14-17-6-3-4-7-18(17)15-21)20(26)24-9-5-8-19(24)16-25/h3-4,6-7,19,25H,2,5,8-16H2,1H3/t19-/m0/s1. The normalized spacial score (nSPS) is 26.2. The number of carbonyl (C=O) groups is 1. The van der Waals surface area contributed by atoms with Crippen molar-refractivity contribution >= 4 is 5.91 Å². The van der Waals surface area contributed by atoms with Gasteiger partial charge in [0.25, 0.3) is 0 Å². The molecule has 0 unspecified atom stereocenters. The summed E-state index contributed by atoms with van der Waals surface area (Å²) in [4.78, 5) is 20.7. The van der Waals surface area contributed by atoms with Crippen molar-refractivity contribution in [1.82, 2.24) is 14.7 Å². The van der Waals surface area contributed by atoms with Crippen LogP contribution in [0.2, 0.25) is 0 Å². The smallest absolute Gasteiger partial charge is 0.244 e. The summed E-state index contributed by atoms with van der Waals surface area (Å²) in [5.74, 6) is 0.246. The fourth-order valence-electron chi connectivity index (χ4n) is 5.16. The molecule has 1 amide bonds. The molecule has 0 spiro atoms. The van der Waals surface area contributed by atoms with Gasteiger partial charge in [-0.3, -0.25) is 9.69 Å². The fraction of sp³-hybridized carbons (Fsp3) is 0.667. The van der Waals surface area contributed by atoms with Gasteiger partial charge in [-0.05, 0) is 30.5 Å². The van der Waals surface area contributed by atoms with E-state index in [4.69, 9.17) is 0 Å². The third-order valence-electron chi connectivity index (χ3n) is 6.76. The van der Waals surface area contributed by atoms with Crippen LogP contribution in [0.5, 0.6) is 0 Å². The Bertz CT molecular complexity index is 629. The van der Waals surface area contributed by atoms with E-state index in [1.54, 1.807) is 0 Å². The second-order valence-electron chi connectivity index (χ2n) is 8.05. The molecular weight excluding hydrogens is 326 g/mol. The van der Waals surface area contributed by atoms with E-state index in [-0.39, 0.29) is 18.6 Å². The number of hydrogen-bond acceptors (Lipinski definition) is 4. The Morgan fingerprint density at radius 1 is 1.12 bits per heavy atom. The molecule has 0 bridgehead atoms. The molecule has 1 aromatic carbocycles. The van der Waals surface area contributed by atoms with E-state index in [0.717, 1.165) is 65.0 Å². The van der Waals surface area contributed by atoms with E-state index in [9.17, 15) is 9.90 Å². The molecule has 1 aromatic rings. The van der Waals surface area contributed by atoms with Crippen LogP contribution >= 0.6 is 0 Å². The maximum absolute atomic E-state index is 13.8. The number of aliphatic hydroxyl groups excluding tert-OH is 1. The van der Waals surface area contributed by atoms with Crippen LogP contribution in [0.15, 0.2) is 24.3 Å². The average Bonchev–Trinajstić information content (AvgIpc) is 3.32. The molecule has 1 N–H and O–H groups in total. The van der Waals surface area contributed by atoms with Crippen LogP contribution in [0.25, 0.3) is 0 Å². The van der Waals surface area contributed by atoms with Crippen molar-refractivity contribution in [3.05, 3.63) is 35.4 Å². The second kappa shape index (κ2) is 7.29. The van der Waals surface area contributed by atoms with Gasteiger partial charge in [0.1, 0.15) is 5.54 Å². The van der Waals surface area contributed by atoms with Crippen molar-refractivity contribution in [3.63, 3.8) is 0 Å². The predicted molar refractivity (Wildman–Crippen MR) is 102 cm³/mol. The fourth-order valence-corrected chi connectivity index (χ4v) is 5.16. The number of fused-ring (bicyclic) bond motifs is 1. The van der Waals surface area contributed by atoms with E-state index in [1.807, 2.05) is 4.90 Å². The first kappa shape index (κ1) is 18.0. The van der Waals surface area contributed by atoms with Gasteiger partial charge in [-0.2, -0.15) is 0 Å². The van der Waals surface area contributed by atoms with Crippen LogP contribution in [0.4, 0.5) is 0 Å². The van der Waals surface area contributed by atoms with Crippen molar-refractivity contribution in [2.45, 2.75) is 44.2 Å². The van der Waals surface area contributed by atoms with Gasteiger partial charge in [0, 0.05) is 45.6 Å². The van der Waals surface area contributed by atoms with Crippen molar-refractivity contribution in [2.75, 3.05) is 45.9 Å². The zero-order valence-corrected chi connectivity index (χ0v) is 15.9. The van der Waals surface area contributed by atoms with Crippen LogP contribution in [0.3, 0.4) is 0 Å². The lowest BCUT2D eigenvalue weighted by Crippen LogP contribution is -2.65. The van der Waals surface area contributed by atoms with Gasteiger partial charge in [0.05, 0.1) is 12.6 Å². The molecule has 3 aliphatic rings. The summed E-state index contributed by atoms with van der Waals surface area (Å²) in [6.45, 7) is 8.12. The highest BCUT2D eigenvalue weighted by Crippen LogP contribution is 2.38. The minimum Gasteiger partial charge on any atom is -0.394 e. The van der Waals surface area contributed by atoms with E-state index in [2.05, 4.69) is 41.0 Å². The Labute approximate surface area is 156 Å². The van der Waals surface area contributed by atoms with Gasteiger partial charge in [0.15, 0.2) is 0 Å². The van der Waals surface area contributed by atoms with Crippen molar-refractivity contribution in [3.8, 4) is 0 Å². The molecule has 142 valence electrons. The Kier molecular flexibility index (Phi) is 5.04. The molecule has 2 aliphatic heterocycles. The van der Waals surface area contributed by atoms with Gasteiger partial charge in [-0.25, -0.2) is 0 Å². The Morgan fingerprint density at radius 3 is 2.35 bits per heavy atom. The van der Waals surface area contributed by atoms with Crippen molar-refractivity contribution in [2.24, 2.45) is 0 Å². The molecule has 5 heteroatoms. The Morgan fingerprint density at radius 2 is 1.77 bits per heavy atom. The van der Waals surface area contributed by atoms with Crippen LogP contribution in [-0.2, 0) is 17.6 Å². The number of likely N-dealkylation sites (tertiary alicyclic amines) is 1. The minimum absolute atomic E-state index is 0.0000167. The topological polar surface area (TPSA) is 47.0 Å². The molecule has 1 atom stereocenters. The SMILES string of the molecule is CCN1CCN(C2(C(=O)N3CCC[C@H]3CO)Cc3ccccc3C2)CC1. The van der Waals surface area contributed by atoms with E-state index in [0.29, 0.717) is 0 Å². The van der Waals surface area contributed by atoms with Crippen LogP contribution in [0.1, 0.15) is 30.9 Å². The molecular formula is C21H31N3O2. The summed E-state index contributed by atoms with van der Waals surface area (Å²) in [5, 5.41) is 9.75. The molecule has 2 saturated heterocycles. The third-order valence-corrected chi connectivity index (χ3v) is 6.76. The van der Waals surface area contributed by atoms with E-state index < -0.39 is 5.54 Å². The maximum atomic E-state index is 13.8. The lowest BCUT2D eigenvalue weighted by Gasteiger charge is -2.46. The molecule has 2 heterocycles. The summed E-state index contributed by atoms with van der Waals surface area (Å²) in [7, 11) is 0. The summed E-state index contributed by atoms with van der Waals surface area (Å²) in [6, 6.07) is 8.53. The molecule has 0 aromatic heterocycles. The monoisotopic (exact) mass is 357 g/mol. The number of likely N-dealkylation sites (N-methyl/N-ethyl adjacent to an activating group) is 1. The largest absolute Gasteiger partial charge is 0.394 e. The van der Waals surface area contributed by atoms with Crippen LogP contribution < -0.4 is 0 Å². The third kappa shape index (κ3) is 2.96. The number of piperazine rings is 1. The highest BCUT2D eigenvalue weighted by atomic mass is 16.3. The summed E-state index contributed by atoms with van der Waals surface area (Å²) in [5.41, 5.74) is 2.18. The molecule has 2 fully saturated rings. The molecule has 5 nitrogen and oxygen atoms in total. The number of benzene rings is 1. The van der Waals surface area contributed by atoms with E-state index in [1.165, 1.54) is 11.1 Å². The lowest BCUT2D eigenvalue weighted by atomic mass is 9.90. The first-order valence-electron chi connectivity index (χ1n) is 10.1. The average molecular weight is 357 g/mol. The van der Waals surface area contributed by atoms with Crippen molar-refractivity contribution < 1.29 is 9.90 Å². The number of rotatable bonds is 4. The van der Waals surface area contributed by atoms with Crippen molar-refractivity contribution in [1.29, 1.82) is 0 Å².